The Balaban J connectivity index is 2.10. The highest BCUT2D eigenvalue weighted by atomic mass is 32.2. The zero-order chi connectivity index (χ0) is 29.6. The van der Waals surface area contributed by atoms with Crippen LogP contribution < -0.4 is 9.62 Å². The van der Waals surface area contributed by atoms with Gasteiger partial charge in [-0.15, -0.1) is 11.8 Å². The summed E-state index contributed by atoms with van der Waals surface area (Å²) in [5, 5.41) is 21.0. The van der Waals surface area contributed by atoms with E-state index in [1.54, 1.807) is 0 Å². The summed E-state index contributed by atoms with van der Waals surface area (Å²) in [5.41, 5.74) is -8.45. The number of alkyl halides is 6. The van der Waals surface area contributed by atoms with Gasteiger partial charge in [0.1, 0.15) is 5.82 Å². The van der Waals surface area contributed by atoms with E-state index in [1.807, 2.05) is 0 Å². The topological polar surface area (TPSA) is 107 Å². The quantitative estimate of drug-likeness (QED) is 0.412. The summed E-state index contributed by atoms with van der Waals surface area (Å²) < 4.78 is 122. The molecule has 3 N–H and O–H groups in total. The van der Waals surface area contributed by atoms with Crippen molar-refractivity contribution in [2.45, 2.75) is 58.9 Å². The number of carbonyl (C=O) groups excluding carboxylic acids is 1. The molecule has 39 heavy (non-hydrogen) atoms. The molecule has 1 aliphatic rings. The van der Waals surface area contributed by atoms with E-state index in [1.165, 1.54) is 13.8 Å². The molecule has 1 atom stereocenters. The average molecular weight is 605 g/mol. The summed E-state index contributed by atoms with van der Waals surface area (Å²) in [4.78, 5) is 11.6. The lowest BCUT2D eigenvalue weighted by Gasteiger charge is -2.37. The second kappa shape index (κ2) is 10.4. The molecule has 0 bridgehead atoms. The van der Waals surface area contributed by atoms with Gasteiger partial charge in [0, 0.05) is 35.2 Å². The normalized spacial score (nSPS) is 17.1. The molecular formula is C23H23F7N2O5S2. The van der Waals surface area contributed by atoms with Gasteiger partial charge in [0.25, 0.3) is 15.6 Å². The molecule has 1 aliphatic heterocycles. The van der Waals surface area contributed by atoms with Crippen LogP contribution in [-0.4, -0.2) is 60.8 Å². The van der Waals surface area contributed by atoms with Crippen molar-refractivity contribution < 1.29 is 54.2 Å². The summed E-state index contributed by atoms with van der Waals surface area (Å²) in [7, 11) is -4.53. The van der Waals surface area contributed by atoms with Gasteiger partial charge in [0.15, 0.2) is 0 Å². The maximum Gasteiger partial charge on any atom is 0.430 e. The smallest absolute Gasteiger partial charge is 0.389 e. The minimum atomic E-state index is -6.17. The van der Waals surface area contributed by atoms with Crippen LogP contribution in [-0.2, 0) is 20.4 Å². The van der Waals surface area contributed by atoms with E-state index in [-0.39, 0.29) is 17.1 Å². The van der Waals surface area contributed by atoms with E-state index < -0.39 is 74.0 Å². The van der Waals surface area contributed by atoms with Gasteiger partial charge in [0.2, 0.25) is 5.91 Å². The van der Waals surface area contributed by atoms with Gasteiger partial charge < -0.3 is 15.5 Å². The molecule has 0 fully saturated rings. The van der Waals surface area contributed by atoms with Gasteiger partial charge >= 0.3 is 12.4 Å². The number of nitrogens with one attached hydrogen (secondary N) is 1. The third-order valence-corrected chi connectivity index (χ3v) is 8.69. The Morgan fingerprint density at radius 2 is 1.59 bits per heavy atom. The standard InChI is InChI=1S/C23H23F7N2O5S2/c1-20(2,34)12-31-19(33)10-15-11-32(39(36,37)16-6-4-14(24)5-7-16)17-8-3-13(9-18(17)38-15)21(35,22(25,26)27)23(28,29)30/h3-9,15,34-35H,10-12H2,1-2H3,(H,31,33)/t15-/m0/s1. The predicted octanol–water partition coefficient (Wildman–Crippen LogP) is 4.08. The number of anilines is 1. The zero-order valence-corrected chi connectivity index (χ0v) is 21.9. The Kier molecular flexibility index (Phi) is 8.30. The minimum Gasteiger partial charge on any atom is -0.389 e. The SMILES string of the molecule is CC(C)(O)CNC(=O)C[C@H]1CN(S(=O)(=O)c2ccc(F)cc2)c2ccc(C(O)(C(F)(F)F)C(F)(F)F)cc2S1. The van der Waals surface area contributed by atoms with Crippen molar-refractivity contribution in [2.24, 2.45) is 0 Å². The maximum absolute atomic E-state index is 13.5. The van der Waals surface area contributed by atoms with Gasteiger partial charge in [-0.1, -0.05) is 6.07 Å². The molecule has 0 unspecified atom stereocenters. The van der Waals surface area contributed by atoms with Crippen molar-refractivity contribution in [3.63, 3.8) is 0 Å². The number of carbonyl (C=O) groups is 1. The molecule has 2 aromatic carbocycles. The molecule has 0 radical (unpaired) electrons. The third kappa shape index (κ3) is 6.44. The van der Waals surface area contributed by atoms with Crippen LogP contribution in [0.2, 0.25) is 0 Å². The van der Waals surface area contributed by atoms with Crippen LogP contribution in [0.15, 0.2) is 52.3 Å². The highest BCUT2D eigenvalue weighted by molar-refractivity contribution is 8.00. The lowest BCUT2D eigenvalue weighted by molar-refractivity contribution is -0.376. The molecule has 7 nitrogen and oxygen atoms in total. The number of benzene rings is 2. The molecule has 3 rings (SSSR count). The molecule has 16 heteroatoms. The van der Waals surface area contributed by atoms with Gasteiger partial charge in [-0.25, -0.2) is 12.8 Å². The van der Waals surface area contributed by atoms with Crippen LogP contribution >= 0.6 is 11.8 Å². The summed E-state index contributed by atoms with van der Waals surface area (Å²) in [6.45, 7) is 2.20. The minimum absolute atomic E-state index is 0.189. The molecule has 0 saturated carbocycles. The fourth-order valence-corrected chi connectivity index (χ4v) is 6.68. The van der Waals surface area contributed by atoms with E-state index in [4.69, 9.17) is 0 Å². The number of halogens is 7. The first-order valence-corrected chi connectivity index (χ1v) is 13.4. The van der Waals surface area contributed by atoms with Crippen molar-refractivity contribution in [1.29, 1.82) is 0 Å². The molecule has 1 heterocycles. The first-order chi connectivity index (χ1) is 17.7. The Morgan fingerprint density at radius 3 is 2.10 bits per heavy atom. The Bertz CT molecular complexity index is 1310. The van der Waals surface area contributed by atoms with Crippen LogP contribution in [0, 0.1) is 5.82 Å². The lowest BCUT2D eigenvalue weighted by Crippen LogP contribution is -2.54. The molecular weight excluding hydrogens is 581 g/mol. The maximum atomic E-state index is 13.5. The summed E-state index contributed by atoms with van der Waals surface area (Å²) in [6.07, 6.45) is -12.8. The van der Waals surface area contributed by atoms with E-state index in [0.717, 1.165) is 24.3 Å². The van der Waals surface area contributed by atoms with Crippen molar-refractivity contribution in [3.05, 3.63) is 53.8 Å². The van der Waals surface area contributed by atoms with Crippen LogP contribution in [0.4, 0.5) is 36.4 Å². The number of rotatable bonds is 7. The number of amides is 1. The zero-order valence-electron chi connectivity index (χ0n) is 20.3. The van der Waals surface area contributed by atoms with Crippen molar-refractivity contribution in [2.75, 3.05) is 17.4 Å². The number of hydrogen-bond donors (Lipinski definition) is 3. The number of fused-ring (bicyclic) bond motifs is 1. The molecule has 0 aliphatic carbocycles. The Morgan fingerprint density at radius 1 is 1.03 bits per heavy atom. The van der Waals surface area contributed by atoms with Crippen molar-refractivity contribution in [3.8, 4) is 0 Å². The van der Waals surface area contributed by atoms with E-state index in [0.29, 0.717) is 34.3 Å². The number of aliphatic hydroxyl groups is 2. The fourth-order valence-electron chi connectivity index (χ4n) is 3.69. The monoisotopic (exact) mass is 604 g/mol. The van der Waals surface area contributed by atoms with Crippen molar-refractivity contribution in [1.82, 2.24) is 5.32 Å². The van der Waals surface area contributed by atoms with Crippen LogP contribution in [0.1, 0.15) is 25.8 Å². The summed E-state index contributed by atoms with van der Waals surface area (Å²) >= 11 is 0.652. The van der Waals surface area contributed by atoms with Gasteiger partial charge in [0.05, 0.1) is 16.2 Å². The molecule has 1 amide bonds. The first kappa shape index (κ1) is 31.0. The number of sulfonamides is 1. The number of hydrogen-bond acceptors (Lipinski definition) is 6. The van der Waals surface area contributed by atoms with E-state index in [2.05, 4.69) is 5.32 Å². The third-order valence-electron chi connectivity index (χ3n) is 5.66. The Hall–Kier alpha value is -2.56. The van der Waals surface area contributed by atoms with E-state index >= 15 is 0 Å². The van der Waals surface area contributed by atoms with Crippen LogP contribution in [0.25, 0.3) is 0 Å². The van der Waals surface area contributed by atoms with Gasteiger partial charge in [-0.2, -0.15) is 26.3 Å². The number of nitrogens with zero attached hydrogens (tertiary/aromatic N) is 1. The number of thioether (sulfide) groups is 1. The largest absolute Gasteiger partial charge is 0.430 e. The average Bonchev–Trinajstić information content (AvgIpc) is 2.79. The highest BCUT2D eigenvalue weighted by Crippen LogP contribution is 2.52. The predicted molar refractivity (Wildman–Crippen MR) is 127 cm³/mol. The highest BCUT2D eigenvalue weighted by Gasteiger charge is 2.71. The van der Waals surface area contributed by atoms with Crippen LogP contribution in [0.5, 0.6) is 0 Å². The molecule has 0 spiro atoms. The first-order valence-electron chi connectivity index (χ1n) is 11.1. The second-order valence-corrected chi connectivity index (χ2v) is 12.6. The molecule has 216 valence electrons. The van der Waals surface area contributed by atoms with Gasteiger partial charge in [-0.3, -0.25) is 9.10 Å². The van der Waals surface area contributed by atoms with Gasteiger partial charge in [-0.05, 0) is 50.2 Å². The molecule has 2 aromatic rings. The second-order valence-electron chi connectivity index (χ2n) is 9.41. The van der Waals surface area contributed by atoms with Crippen molar-refractivity contribution >= 4 is 33.4 Å². The summed E-state index contributed by atoms with van der Waals surface area (Å²) in [6, 6.07) is 4.97. The molecule has 0 saturated heterocycles. The molecule has 0 aromatic heterocycles. The lowest BCUT2D eigenvalue weighted by atomic mass is 9.92. The Labute approximate surface area is 223 Å². The van der Waals surface area contributed by atoms with Crippen LogP contribution in [0.3, 0.4) is 0 Å². The van der Waals surface area contributed by atoms with E-state index in [9.17, 15) is 54.2 Å². The summed E-state index contributed by atoms with van der Waals surface area (Å²) in [5.74, 6) is -1.43. The fraction of sp³-hybridized carbons (Fsp3) is 0.435.